The Morgan fingerprint density at radius 3 is 2.35 bits per heavy atom. The second-order valence-corrected chi connectivity index (χ2v) is 4.61. The van der Waals surface area contributed by atoms with Crippen molar-refractivity contribution < 1.29 is 9.53 Å². The van der Waals surface area contributed by atoms with E-state index in [1.165, 1.54) is 0 Å². The lowest BCUT2D eigenvalue weighted by Gasteiger charge is -2.30. The van der Waals surface area contributed by atoms with Crippen LogP contribution in [-0.4, -0.2) is 37.2 Å². The number of carbonyl (C=O) groups is 1. The van der Waals surface area contributed by atoms with Gasteiger partial charge in [0, 0.05) is 24.8 Å². The first kappa shape index (κ1) is 16.3. The summed E-state index contributed by atoms with van der Waals surface area (Å²) in [5, 5.41) is 2.90. The second-order valence-electron chi connectivity index (χ2n) is 4.61. The van der Waals surface area contributed by atoms with Gasteiger partial charge in [0.15, 0.2) is 0 Å². The third-order valence-corrected chi connectivity index (χ3v) is 3.36. The molecule has 0 fully saturated rings. The van der Waals surface area contributed by atoms with Crippen LogP contribution in [0.5, 0.6) is 5.75 Å². The predicted molar refractivity (Wildman–Crippen MR) is 82.1 cm³/mol. The zero-order chi connectivity index (χ0) is 15.0. The lowest BCUT2D eigenvalue weighted by atomic mass is 10.1. The van der Waals surface area contributed by atoms with Crippen molar-refractivity contribution in [1.29, 1.82) is 0 Å². The van der Waals surface area contributed by atoms with E-state index in [1.54, 1.807) is 7.11 Å². The highest BCUT2D eigenvalue weighted by Crippen LogP contribution is 2.16. The molecule has 0 radical (unpaired) electrons. The standard InChI is InChI=1S/C15H25N3O2/c1-4-13(5-2)18(11-10-16)15(19)17-12-6-8-14(20-3)9-7-12/h6-9,13H,4-5,10-11,16H2,1-3H3,(H,17,19). The molecule has 5 heteroatoms. The maximum Gasteiger partial charge on any atom is 0.322 e. The summed E-state index contributed by atoms with van der Waals surface area (Å²) >= 11 is 0. The van der Waals surface area contributed by atoms with Gasteiger partial charge in [-0.2, -0.15) is 0 Å². The van der Waals surface area contributed by atoms with Gasteiger partial charge in [-0.1, -0.05) is 13.8 Å². The Balaban J connectivity index is 2.73. The number of anilines is 1. The van der Waals surface area contributed by atoms with Crippen LogP contribution in [0, 0.1) is 0 Å². The zero-order valence-corrected chi connectivity index (χ0v) is 12.6. The quantitative estimate of drug-likeness (QED) is 0.806. The highest BCUT2D eigenvalue weighted by Gasteiger charge is 2.20. The molecular formula is C15H25N3O2. The molecule has 0 saturated carbocycles. The summed E-state index contributed by atoms with van der Waals surface area (Å²) in [6.07, 6.45) is 1.85. The van der Waals surface area contributed by atoms with Gasteiger partial charge in [0.25, 0.3) is 0 Å². The Morgan fingerprint density at radius 1 is 1.30 bits per heavy atom. The largest absolute Gasteiger partial charge is 0.497 e. The summed E-state index contributed by atoms with van der Waals surface area (Å²) in [7, 11) is 1.61. The zero-order valence-electron chi connectivity index (χ0n) is 12.6. The fourth-order valence-electron chi connectivity index (χ4n) is 2.19. The number of hydrogen-bond acceptors (Lipinski definition) is 3. The van der Waals surface area contributed by atoms with Gasteiger partial charge in [-0.05, 0) is 37.1 Å². The predicted octanol–water partition coefficient (Wildman–Crippen LogP) is 2.68. The molecular weight excluding hydrogens is 254 g/mol. The van der Waals surface area contributed by atoms with Crippen molar-refractivity contribution in [3.8, 4) is 5.75 Å². The van der Waals surface area contributed by atoms with E-state index in [1.807, 2.05) is 29.2 Å². The van der Waals surface area contributed by atoms with Gasteiger partial charge in [-0.3, -0.25) is 0 Å². The molecule has 5 nitrogen and oxygen atoms in total. The average molecular weight is 279 g/mol. The van der Waals surface area contributed by atoms with E-state index in [2.05, 4.69) is 19.2 Å². The summed E-state index contributed by atoms with van der Waals surface area (Å²) in [5.41, 5.74) is 6.36. The van der Waals surface area contributed by atoms with Gasteiger partial charge in [-0.15, -0.1) is 0 Å². The van der Waals surface area contributed by atoms with Crippen molar-refractivity contribution >= 4 is 11.7 Å². The molecule has 0 aromatic heterocycles. The van der Waals surface area contributed by atoms with Gasteiger partial charge in [-0.25, -0.2) is 4.79 Å². The number of nitrogens with two attached hydrogens (primary N) is 1. The normalized spacial score (nSPS) is 10.4. The topological polar surface area (TPSA) is 67.6 Å². The number of hydrogen-bond donors (Lipinski definition) is 2. The van der Waals surface area contributed by atoms with Crippen molar-refractivity contribution in [2.75, 3.05) is 25.5 Å². The lowest BCUT2D eigenvalue weighted by Crippen LogP contribution is -2.45. The first-order valence-corrected chi connectivity index (χ1v) is 7.07. The molecule has 1 aromatic carbocycles. The third-order valence-electron chi connectivity index (χ3n) is 3.36. The van der Waals surface area contributed by atoms with Crippen LogP contribution >= 0.6 is 0 Å². The molecule has 0 bridgehead atoms. The van der Waals surface area contributed by atoms with Crippen LogP contribution in [0.3, 0.4) is 0 Å². The smallest absolute Gasteiger partial charge is 0.322 e. The van der Waals surface area contributed by atoms with Crippen molar-refractivity contribution in [2.45, 2.75) is 32.7 Å². The van der Waals surface area contributed by atoms with E-state index in [4.69, 9.17) is 10.5 Å². The Morgan fingerprint density at radius 2 is 1.90 bits per heavy atom. The number of nitrogens with one attached hydrogen (secondary N) is 1. The van der Waals surface area contributed by atoms with Crippen LogP contribution in [-0.2, 0) is 0 Å². The molecule has 112 valence electrons. The molecule has 0 aliphatic carbocycles. The molecule has 0 atom stereocenters. The van der Waals surface area contributed by atoms with E-state index in [9.17, 15) is 4.79 Å². The van der Waals surface area contributed by atoms with E-state index in [0.717, 1.165) is 24.3 Å². The summed E-state index contributed by atoms with van der Waals surface area (Å²) < 4.78 is 5.09. The number of urea groups is 1. The summed E-state index contributed by atoms with van der Waals surface area (Å²) in [6, 6.07) is 7.40. The third kappa shape index (κ3) is 4.42. The van der Waals surface area contributed by atoms with Crippen molar-refractivity contribution in [2.24, 2.45) is 5.73 Å². The van der Waals surface area contributed by atoms with E-state index in [-0.39, 0.29) is 12.1 Å². The van der Waals surface area contributed by atoms with Crippen LogP contribution in [0.4, 0.5) is 10.5 Å². The fraction of sp³-hybridized carbons (Fsp3) is 0.533. The molecule has 0 aliphatic rings. The van der Waals surface area contributed by atoms with Crippen molar-refractivity contribution in [1.82, 2.24) is 4.90 Å². The molecule has 0 spiro atoms. The van der Waals surface area contributed by atoms with Crippen LogP contribution in [0.25, 0.3) is 0 Å². The van der Waals surface area contributed by atoms with E-state index in [0.29, 0.717) is 13.1 Å². The van der Waals surface area contributed by atoms with Gasteiger partial charge in [0.1, 0.15) is 5.75 Å². The first-order valence-electron chi connectivity index (χ1n) is 7.07. The molecule has 1 rings (SSSR count). The number of nitrogens with zero attached hydrogens (tertiary/aromatic N) is 1. The van der Waals surface area contributed by atoms with Crippen LogP contribution < -0.4 is 15.8 Å². The minimum absolute atomic E-state index is 0.102. The summed E-state index contributed by atoms with van der Waals surface area (Å²) in [5.74, 6) is 0.766. The number of amides is 2. The number of methoxy groups -OCH3 is 1. The Kier molecular flexibility index (Phi) is 6.87. The molecule has 2 amide bonds. The van der Waals surface area contributed by atoms with Gasteiger partial charge in [0.05, 0.1) is 7.11 Å². The maximum atomic E-state index is 12.3. The van der Waals surface area contributed by atoms with Gasteiger partial charge >= 0.3 is 6.03 Å². The Bertz CT molecular complexity index is 402. The minimum atomic E-state index is -0.102. The number of ether oxygens (including phenoxy) is 1. The van der Waals surface area contributed by atoms with Crippen LogP contribution in [0.15, 0.2) is 24.3 Å². The van der Waals surface area contributed by atoms with Gasteiger partial charge < -0.3 is 20.7 Å². The highest BCUT2D eigenvalue weighted by molar-refractivity contribution is 5.89. The number of benzene rings is 1. The monoisotopic (exact) mass is 279 g/mol. The van der Waals surface area contributed by atoms with Crippen LogP contribution in [0.2, 0.25) is 0 Å². The molecule has 1 aromatic rings. The Hall–Kier alpha value is -1.75. The molecule has 0 aliphatic heterocycles. The molecule has 0 unspecified atom stereocenters. The lowest BCUT2D eigenvalue weighted by molar-refractivity contribution is 0.185. The molecule has 0 saturated heterocycles. The SMILES string of the molecule is CCC(CC)N(CCN)C(=O)Nc1ccc(OC)cc1. The second kappa shape index (κ2) is 8.43. The first-order chi connectivity index (χ1) is 9.65. The number of carbonyl (C=O) groups excluding carboxylic acids is 1. The van der Waals surface area contributed by atoms with E-state index >= 15 is 0 Å². The average Bonchev–Trinajstić information content (AvgIpc) is 2.48. The molecule has 20 heavy (non-hydrogen) atoms. The summed E-state index contributed by atoms with van der Waals surface area (Å²) in [6.45, 7) is 5.19. The van der Waals surface area contributed by atoms with Crippen molar-refractivity contribution in [3.05, 3.63) is 24.3 Å². The maximum absolute atomic E-state index is 12.3. The Labute approximate surface area is 121 Å². The summed E-state index contributed by atoms with van der Waals surface area (Å²) in [4.78, 5) is 14.2. The van der Waals surface area contributed by atoms with Crippen LogP contribution in [0.1, 0.15) is 26.7 Å². The number of rotatable bonds is 7. The van der Waals surface area contributed by atoms with Crippen molar-refractivity contribution in [3.63, 3.8) is 0 Å². The van der Waals surface area contributed by atoms with E-state index < -0.39 is 0 Å². The minimum Gasteiger partial charge on any atom is -0.497 e. The fourth-order valence-corrected chi connectivity index (χ4v) is 2.19. The molecule has 0 heterocycles. The molecule has 3 N–H and O–H groups in total. The van der Waals surface area contributed by atoms with Gasteiger partial charge in [0.2, 0.25) is 0 Å². The highest BCUT2D eigenvalue weighted by atomic mass is 16.5.